The Hall–Kier alpha value is -0.200. The molecule has 6 fully saturated rings. The van der Waals surface area contributed by atoms with Crippen LogP contribution in [0.1, 0.15) is 64.2 Å². The third kappa shape index (κ3) is 3.83. The van der Waals surface area contributed by atoms with Gasteiger partial charge in [0.15, 0.2) is 0 Å². The van der Waals surface area contributed by atoms with Crippen molar-refractivity contribution in [3.05, 3.63) is 0 Å². The van der Waals surface area contributed by atoms with Crippen LogP contribution in [0, 0.1) is 11.8 Å². The van der Waals surface area contributed by atoms with E-state index in [0.29, 0.717) is 25.0 Å². The summed E-state index contributed by atoms with van der Waals surface area (Å²) in [6, 6.07) is 0.415. The summed E-state index contributed by atoms with van der Waals surface area (Å²) in [5, 5.41) is 3.70. The van der Waals surface area contributed by atoms with Crippen molar-refractivity contribution in [1.29, 1.82) is 0 Å². The molecule has 27 heavy (non-hydrogen) atoms. The van der Waals surface area contributed by atoms with Crippen LogP contribution in [0.5, 0.6) is 0 Å². The smallest absolute Gasteiger partial charge is 0.0971 e. The molecule has 4 heterocycles. The lowest BCUT2D eigenvalue weighted by molar-refractivity contribution is -0.0570. The molecule has 5 nitrogen and oxygen atoms in total. The second-order valence-corrected chi connectivity index (χ2v) is 9.71. The van der Waals surface area contributed by atoms with Crippen LogP contribution in [-0.2, 0) is 14.2 Å². The van der Waals surface area contributed by atoms with E-state index in [1.54, 1.807) is 0 Å². The van der Waals surface area contributed by atoms with Crippen molar-refractivity contribution in [2.24, 2.45) is 11.8 Å². The largest absolute Gasteiger partial charge is 0.377 e. The highest BCUT2D eigenvalue weighted by Crippen LogP contribution is 2.41. The van der Waals surface area contributed by atoms with Crippen LogP contribution in [0.2, 0.25) is 0 Å². The molecule has 1 spiro atoms. The molecule has 0 amide bonds. The molecule has 4 atom stereocenters. The fraction of sp³-hybridized carbons (Fsp3) is 1.00. The maximum absolute atomic E-state index is 6.57. The lowest BCUT2D eigenvalue weighted by Gasteiger charge is -2.48. The van der Waals surface area contributed by atoms with E-state index in [1.165, 1.54) is 70.8 Å². The van der Waals surface area contributed by atoms with Crippen molar-refractivity contribution in [2.45, 2.75) is 88.0 Å². The second-order valence-electron chi connectivity index (χ2n) is 9.71. The van der Waals surface area contributed by atoms with Crippen molar-refractivity contribution in [2.75, 3.05) is 39.6 Å². The van der Waals surface area contributed by atoms with Crippen molar-refractivity contribution in [1.82, 2.24) is 10.2 Å². The first-order valence-corrected chi connectivity index (χ1v) is 11.6. The van der Waals surface area contributed by atoms with Crippen molar-refractivity contribution >= 4 is 0 Å². The molecule has 154 valence electrons. The number of hydrogen-bond donors (Lipinski definition) is 1. The van der Waals surface area contributed by atoms with Gasteiger partial charge in [-0.1, -0.05) is 12.8 Å². The van der Waals surface area contributed by atoms with Gasteiger partial charge in [0.1, 0.15) is 0 Å². The topological polar surface area (TPSA) is 43.0 Å². The first kappa shape index (κ1) is 18.8. The summed E-state index contributed by atoms with van der Waals surface area (Å²) in [6.45, 7) is 5.45. The van der Waals surface area contributed by atoms with Gasteiger partial charge >= 0.3 is 0 Å². The second kappa shape index (κ2) is 8.27. The van der Waals surface area contributed by atoms with Crippen LogP contribution in [0.15, 0.2) is 0 Å². The monoisotopic (exact) mass is 378 g/mol. The Bertz CT molecular complexity index is 488. The maximum Gasteiger partial charge on any atom is 0.0971 e. The van der Waals surface area contributed by atoms with Gasteiger partial charge in [0.2, 0.25) is 0 Å². The van der Waals surface area contributed by atoms with Gasteiger partial charge in [-0.3, -0.25) is 10.2 Å². The molecule has 6 aliphatic rings. The van der Waals surface area contributed by atoms with Gasteiger partial charge in [0.05, 0.1) is 50.3 Å². The van der Waals surface area contributed by atoms with Gasteiger partial charge < -0.3 is 14.2 Å². The van der Waals surface area contributed by atoms with E-state index in [2.05, 4.69) is 10.2 Å². The average molecular weight is 379 g/mol. The van der Waals surface area contributed by atoms with E-state index in [0.717, 1.165) is 38.2 Å². The van der Waals surface area contributed by atoms with Crippen molar-refractivity contribution < 1.29 is 14.2 Å². The molecule has 2 aliphatic carbocycles. The minimum atomic E-state index is 0.0863. The Kier molecular flexibility index (Phi) is 5.76. The molecule has 0 aromatic rings. The van der Waals surface area contributed by atoms with Crippen LogP contribution in [-0.4, -0.2) is 68.3 Å². The summed E-state index contributed by atoms with van der Waals surface area (Å²) in [5.41, 5.74) is 0.0863. The van der Waals surface area contributed by atoms with Crippen LogP contribution in [0.25, 0.3) is 0 Å². The molecule has 0 aromatic carbocycles. The highest BCUT2D eigenvalue weighted by atomic mass is 16.5. The Balaban J connectivity index is 1.35. The van der Waals surface area contributed by atoms with Gasteiger partial charge in [-0.25, -0.2) is 0 Å². The number of rotatable bonds is 0. The molecule has 4 aliphatic heterocycles. The van der Waals surface area contributed by atoms with Crippen molar-refractivity contribution in [3.63, 3.8) is 0 Å². The third-order valence-electron chi connectivity index (χ3n) is 8.31. The lowest BCUT2D eigenvalue weighted by Crippen LogP contribution is -2.65. The van der Waals surface area contributed by atoms with E-state index in [-0.39, 0.29) is 5.54 Å². The zero-order valence-electron chi connectivity index (χ0n) is 16.9. The van der Waals surface area contributed by atoms with Gasteiger partial charge in [-0.05, 0) is 69.7 Å². The van der Waals surface area contributed by atoms with Gasteiger partial charge in [-0.15, -0.1) is 0 Å². The SMILES string of the molecule is C1CCC2C3CCC(CC3)OC[C@H]3N(CCC[C@]34COCN4)CCOC2C1. The third-order valence-corrected chi connectivity index (χ3v) is 8.31. The Morgan fingerprint density at radius 3 is 2.63 bits per heavy atom. The lowest BCUT2D eigenvalue weighted by atomic mass is 9.71. The highest BCUT2D eigenvalue weighted by Gasteiger charge is 2.47. The predicted octanol–water partition coefficient (Wildman–Crippen LogP) is 2.93. The zero-order chi connectivity index (χ0) is 18.1. The van der Waals surface area contributed by atoms with E-state index in [1.807, 2.05) is 0 Å². The number of fused-ring (bicyclic) bond motifs is 5. The first-order valence-electron chi connectivity index (χ1n) is 11.6. The molecule has 5 heteroatoms. The number of ether oxygens (including phenoxy) is 3. The predicted molar refractivity (Wildman–Crippen MR) is 105 cm³/mol. The van der Waals surface area contributed by atoms with Crippen LogP contribution in [0.4, 0.5) is 0 Å². The van der Waals surface area contributed by atoms with E-state index in [9.17, 15) is 0 Å². The summed E-state index contributed by atoms with van der Waals surface area (Å²) in [6.07, 6.45) is 14.0. The fourth-order valence-corrected chi connectivity index (χ4v) is 6.76. The van der Waals surface area contributed by atoms with Crippen LogP contribution >= 0.6 is 0 Å². The number of hydrogen-bond acceptors (Lipinski definition) is 5. The Labute approximate surface area is 164 Å². The van der Waals surface area contributed by atoms with Crippen molar-refractivity contribution in [3.8, 4) is 0 Å². The zero-order valence-corrected chi connectivity index (χ0v) is 16.9. The maximum atomic E-state index is 6.57. The molecule has 2 unspecified atom stereocenters. The van der Waals surface area contributed by atoms with E-state index in [4.69, 9.17) is 14.2 Å². The first-order chi connectivity index (χ1) is 13.3. The summed E-state index contributed by atoms with van der Waals surface area (Å²) >= 11 is 0. The molecule has 0 aromatic heterocycles. The van der Waals surface area contributed by atoms with Gasteiger partial charge in [-0.2, -0.15) is 0 Å². The summed E-state index contributed by atoms with van der Waals surface area (Å²) in [5.74, 6) is 1.67. The van der Waals surface area contributed by atoms with Crippen LogP contribution < -0.4 is 5.32 Å². The molecule has 4 saturated heterocycles. The van der Waals surface area contributed by atoms with E-state index < -0.39 is 0 Å². The average Bonchev–Trinajstić information content (AvgIpc) is 3.17. The molecular weight excluding hydrogens is 340 g/mol. The quantitative estimate of drug-likeness (QED) is 0.702. The van der Waals surface area contributed by atoms with E-state index >= 15 is 0 Å². The minimum Gasteiger partial charge on any atom is -0.377 e. The normalized spacial score (nSPS) is 46.9. The standard InChI is InChI=1S/C22H38N2O3/c1-2-5-20-19(4-1)17-6-8-18(9-7-17)27-14-21-22(15-25-16-23-22)10-3-11-24(21)12-13-26-20/h17-21,23H,1-16H2/t17?,18?,19?,20?,21-,22+/m1/s1. The minimum absolute atomic E-state index is 0.0863. The summed E-state index contributed by atoms with van der Waals surface area (Å²) in [7, 11) is 0. The molecule has 1 N–H and O–H groups in total. The molecule has 2 bridgehead atoms. The number of nitrogens with zero attached hydrogens (tertiary/aromatic N) is 1. The Morgan fingerprint density at radius 1 is 0.889 bits per heavy atom. The Morgan fingerprint density at radius 2 is 1.78 bits per heavy atom. The fourth-order valence-electron chi connectivity index (χ4n) is 6.76. The summed E-state index contributed by atoms with van der Waals surface area (Å²) in [4.78, 5) is 2.65. The molecule has 2 saturated carbocycles. The van der Waals surface area contributed by atoms with Gasteiger partial charge in [0.25, 0.3) is 0 Å². The summed E-state index contributed by atoms with van der Waals surface area (Å²) < 4.78 is 18.9. The molecule has 0 radical (unpaired) electrons. The number of nitrogens with one attached hydrogen (secondary N) is 1. The molecule has 6 rings (SSSR count). The van der Waals surface area contributed by atoms with Crippen LogP contribution in [0.3, 0.4) is 0 Å². The van der Waals surface area contributed by atoms with Gasteiger partial charge in [0, 0.05) is 6.54 Å². The number of piperidine rings is 1. The highest BCUT2D eigenvalue weighted by molar-refractivity contribution is 5.05. The molecular formula is C22H38N2O3.